The van der Waals surface area contributed by atoms with Gasteiger partial charge in [-0.1, -0.05) is 6.07 Å². The molecule has 7 nitrogen and oxygen atoms in total. The maximum absolute atomic E-state index is 12.6. The van der Waals surface area contributed by atoms with E-state index in [2.05, 4.69) is 10.2 Å². The molecule has 0 aliphatic carbocycles. The van der Waals surface area contributed by atoms with E-state index in [-0.39, 0.29) is 5.91 Å². The van der Waals surface area contributed by atoms with E-state index in [1.54, 1.807) is 12.3 Å². The molecule has 2 aliphatic rings. The summed E-state index contributed by atoms with van der Waals surface area (Å²) in [7, 11) is 0. The molecule has 0 atom stereocenters. The number of amides is 1. The van der Waals surface area contributed by atoms with Gasteiger partial charge in [0.25, 0.3) is 0 Å². The second-order valence-corrected chi connectivity index (χ2v) is 7.21. The Hall–Kier alpha value is -2.54. The molecule has 1 saturated heterocycles. The number of piperidine rings is 1. The highest BCUT2D eigenvalue weighted by atomic mass is 16.5. The quantitative estimate of drug-likeness (QED) is 0.858. The molecule has 2 aliphatic heterocycles. The van der Waals surface area contributed by atoms with Crippen molar-refractivity contribution in [2.24, 2.45) is 0 Å². The first-order valence-corrected chi connectivity index (χ1v) is 9.53. The molecule has 4 rings (SSSR count). The number of nitrogens with one attached hydrogen (secondary N) is 1. The summed E-state index contributed by atoms with van der Waals surface area (Å²) < 4.78 is 11.4. The van der Waals surface area contributed by atoms with E-state index in [0.29, 0.717) is 52.0 Å². The molecule has 27 heavy (non-hydrogen) atoms. The van der Waals surface area contributed by atoms with Gasteiger partial charge in [-0.3, -0.25) is 9.89 Å². The first-order chi connectivity index (χ1) is 13.1. The molecule has 0 radical (unpaired) electrons. The minimum atomic E-state index is -0.915. The van der Waals surface area contributed by atoms with E-state index in [1.807, 2.05) is 23.1 Å². The number of aryl methyl sites for hydroxylation is 1. The van der Waals surface area contributed by atoms with E-state index in [0.717, 1.165) is 29.2 Å². The van der Waals surface area contributed by atoms with Crippen LogP contribution in [0.25, 0.3) is 0 Å². The number of likely N-dealkylation sites (tertiary alicyclic amines) is 1. The van der Waals surface area contributed by atoms with Crippen molar-refractivity contribution in [1.82, 2.24) is 15.1 Å². The van der Waals surface area contributed by atoms with Gasteiger partial charge in [-0.2, -0.15) is 5.10 Å². The number of ether oxygens (including phenoxy) is 2. The Morgan fingerprint density at radius 1 is 1.19 bits per heavy atom. The minimum absolute atomic E-state index is 0.119. The largest absolute Gasteiger partial charge is 0.490 e. The van der Waals surface area contributed by atoms with Gasteiger partial charge in [0, 0.05) is 32.1 Å². The first-order valence-electron chi connectivity index (χ1n) is 9.53. The molecule has 2 aromatic rings. The molecule has 3 heterocycles. The summed E-state index contributed by atoms with van der Waals surface area (Å²) in [4.78, 5) is 14.4. The van der Waals surface area contributed by atoms with Crippen LogP contribution in [0, 0.1) is 0 Å². The number of hydrogen-bond acceptors (Lipinski definition) is 5. The predicted octanol–water partition coefficient (Wildman–Crippen LogP) is 2.01. The van der Waals surface area contributed by atoms with Crippen molar-refractivity contribution < 1.29 is 19.4 Å². The van der Waals surface area contributed by atoms with Gasteiger partial charge in [0.05, 0.1) is 18.9 Å². The Balaban J connectivity index is 1.31. The average molecular weight is 371 g/mol. The smallest absolute Gasteiger partial charge is 0.222 e. The SMILES string of the molecule is O=C(CCc1ccc2c(c1)OCCCO2)N1CCC(O)(c2ccn[nH]2)CC1. The number of rotatable bonds is 4. The van der Waals surface area contributed by atoms with Crippen molar-refractivity contribution >= 4 is 5.91 Å². The van der Waals surface area contributed by atoms with E-state index >= 15 is 0 Å². The van der Waals surface area contributed by atoms with E-state index in [9.17, 15) is 9.90 Å². The summed E-state index contributed by atoms with van der Waals surface area (Å²) >= 11 is 0. The molecule has 7 heteroatoms. The van der Waals surface area contributed by atoms with Crippen LogP contribution in [0.1, 0.15) is 36.9 Å². The van der Waals surface area contributed by atoms with Crippen LogP contribution in [0.15, 0.2) is 30.5 Å². The topological polar surface area (TPSA) is 87.7 Å². The lowest BCUT2D eigenvalue weighted by Gasteiger charge is -2.37. The average Bonchev–Trinajstić information content (AvgIpc) is 3.14. The molecule has 1 fully saturated rings. The van der Waals surface area contributed by atoms with Crippen LogP contribution >= 0.6 is 0 Å². The fraction of sp³-hybridized carbons (Fsp3) is 0.500. The highest BCUT2D eigenvalue weighted by molar-refractivity contribution is 5.76. The van der Waals surface area contributed by atoms with Crippen LogP contribution in [0.2, 0.25) is 0 Å². The number of H-pyrrole nitrogens is 1. The highest BCUT2D eigenvalue weighted by Gasteiger charge is 2.36. The summed E-state index contributed by atoms with van der Waals surface area (Å²) in [5, 5.41) is 17.5. The summed E-state index contributed by atoms with van der Waals surface area (Å²) in [5.74, 6) is 1.66. The number of carbonyl (C=O) groups excluding carboxylic acids is 1. The Morgan fingerprint density at radius 3 is 2.70 bits per heavy atom. The van der Waals surface area contributed by atoms with Crippen LogP contribution in [-0.2, 0) is 16.8 Å². The van der Waals surface area contributed by atoms with Crippen LogP contribution in [0.5, 0.6) is 11.5 Å². The van der Waals surface area contributed by atoms with Gasteiger partial charge in [-0.05, 0) is 43.0 Å². The Bertz CT molecular complexity index is 783. The van der Waals surface area contributed by atoms with E-state index in [1.165, 1.54) is 0 Å². The maximum Gasteiger partial charge on any atom is 0.222 e. The monoisotopic (exact) mass is 371 g/mol. The van der Waals surface area contributed by atoms with E-state index in [4.69, 9.17) is 9.47 Å². The van der Waals surface area contributed by atoms with Gasteiger partial charge < -0.3 is 19.5 Å². The zero-order chi connectivity index (χ0) is 18.7. The molecule has 2 N–H and O–H groups in total. The lowest BCUT2D eigenvalue weighted by Crippen LogP contribution is -2.45. The summed E-state index contributed by atoms with van der Waals surface area (Å²) in [6, 6.07) is 7.68. The molecule has 0 spiro atoms. The van der Waals surface area contributed by atoms with Gasteiger partial charge in [0.2, 0.25) is 5.91 Å². The first kappa shape index (κ1) is 17.9. The molecule has 0 bridgehead atoms. The molecule has 1 amide bonds. The summed E-state index contributed by atoms with van der Waals surface area (Å²) in [6.07, 6.45) is 4.66. The van der Waals surface area contributed by atoms with Crippen molar-refractivity contribution in [3.63, 3.8) is 0 Å². The third-order valence-corrected chi connectivity index (χ3v) is 5.38. The van der Waals surface area contributed by atoms with Gasteiger partial charge >= 0.3 is 0 Å². The van der Waals surface area contributed by atoms with Crippen molar-refractivity contribution in [1.29, 1.82) is 0 Å². The maximum atomic E-state index is 12.6. The molecule has 1 aromatic heterocycles. The van der Waals surface area contributed by atoms with Crippen LogP contribution in [-0.4, -0.2) is 52.4 Å². The van der Waals surface area contributed by atoms with Crippen molar-refractivity contribution in [3.8, 4) is 11.5 Å². The number of aromatic nitrogens is 2. The molecular formula is C20H25N3O4. The van der Waals surface area contributed by atoms with E-state index < -0.39 is 5.60 Å². The number of nitrogens with zero attached hydrogens (tertiary/aromatic N) is 2. The second-order valence-electron chi connectivity index (χ2n) is 7.21. The second kappa shape index (κ2) is 7.60. The van der Waals surface area contributed by atoms with Crippen molar-refractivity contribution in [3.05, 3.63) is 41.7 Å². The normalized spacial score (nSPS) is 18.8. The molecule has 144 valence electrons. The molecule has 0 unspecified atom stereocenters. The highest BCUT2D eigenvalue weighted by Crippen LogP contribution is 2.32. The Labute approximate surface area is 158 Å². The number of aromatic amines is 1. The van der Waals surface area contributed by atoms with Crippen LogP contribution < -0.4 is 9.47 Å². The number of carbonyl (C=O) groups is 1. The predicted molar refractivity (Wildman–Crippen MR) is 98.7 cm³/mol. The standard InChI is InChI=1S/C20H25N3O4/c24-19(23-10-7-20(25,8-11-23)18-6-9-21-22-18)5-3-15-2-4-16-17(14-15)27-13-1-12-26-16/h2,4,6,9,14,25H,1,3,5,7-8,10-13H2,(H,21,22). The Kier molecular flexibility index (Phi) is 5.03. The van der Waals surface area contributed by atoms with Gasteiger partial charge in [-0.15, -0.1) is 0 Å². The lowest BCUT2D eigenvalue weighted by molar-refractivity contribution is -0.135. The van der Waals surface area contributed by atoms with Gasteiger partial charge in [0.15, 0.2) is 11.5 Å². The molecule has 1 aromatic carbocycles. The van der Waals surface area contributed by atoms with Crippen LogP contribution in [0.3, 0.4) is 0 Å². The van der Waals surface area contributed by atoms with Crippen molar-refractivity contribution in [2.75, 3.05) is 26.3 Å². The number of aliphatic hydroxyl groups is 1. The summed E-state index contributed by atoms with van der Waals surface area (Å²) in [6.45, 7) is 2.43. The number of benzene rings is 1. The lowest BCUT2D eigenvalue weighted by atomic mass is 9.88. The molecule has 0 saturated carbocycles. The Morgan fingerprint density at radius 2 is 1.96 bits per heavy atom. The van der Waals surface area contributed by atoms with Crippen molar-refractivity contribution in [2.45, 2.75) is 37.7 Å². The zero-order valence-electron chi connectivity index (χ0n) is 15.3. The van der Waals surface area contributed by atoms with Gasteiger partial charge in [0.1, 0.15) is 5.60 Å². The zero-order valence-corrected chi connectivity index (χ0v) is 15.3. The fourth-order valence-corrected chi connectivity index (χ4v) is 3.68. The van der Waals surface area contributed by atoms with Crippen LogP contribution in [0.4, 0.5) is 0 Å². The summed E-state index contributed by atoms with van der Waals surface area (Å²) in [5.41, 5.74) is 0.877. The molecular weight excluding hydrogens is 346 g/mol. The third-order valence-electron chi connectivity index (χ3n) is 5.38. The number of hydrogen-bond donors (Lipinski definition) is 2. The third kappa shape index (κ3) is 3.93. The van der Waals surface area contributed by atoms with Gasteiger partial charge in [-0.25, -0.2) is 0 Å². The fourth-order valence-electron chi connectivity index (χ4n) is 3.68. The number of fused-ring (bicyclic) bond motifs is 1. The minimum Gasteiger partial charge on any atom is -0.490 e.